The lowest BCUT2D eigenvalue weighted by atomic mass is 10.0. The number of hydrogen-bond acceptors (Lipinski definition) is 6. The van der Waals surface area contributed by atoms with E-state index in [1.54, 1.807) is 41.5 Å². The Labute approximate surface area is 135 Å². The predicted octanol–water partition coefficient (Wildman–Crippen LogP) is 2.99. The van der Waals surface area contributed by atoms with Gasteiger partial charge < -0.3 is 15.2 Å². The number of hydrogen-bond donors (Lipinski definition) is 1. The fourth-order valence-electron chi connectivity index (χ4n) is 1.73. The molecule has 0 radical (unpaired) electrons. The Morgan fingerprint density at radius 2 is 1.43 bits per heavy atom. The maximum atomic E-state index is 12.2. The lowest BCUT2D eigenvalue weighted by Gasteiger charge is -2.22. The first-order valence-electron chi connectivity index (χ1n) is 7.19. The van der Waals surface area contributed by atoms with Crippen molar-refractivity contribution in [3.05, 3.63) is 28.8 Å². The van der Waals surface area contributed by atoms with Crippen LogP contribution in [0, 0.1) is 0 Å². The van der Waals surface area contributed by atoms with Gasteiger partial charge in [-0.05, 0) is 53.7 Å². The van der Waals surface area contributed by atoms with Crippen LogP contribution in [0.5, 0.6) is 0 Å². The molecule has 0 aliphatic carbocycles. The summed E-state index contributed by atoms with van der Waals surface area (Å²) in [4.78, 5) is 35.6. The third kappa shape index (κ3) is 5.39. The first kappa shape index (κ1) is 18.7. The van der Waals surface area contributed by atoms with Crippen molar-refractivity contribution in [2.24, 2.45) is 0 Å². The van der Waals surface area contributed by atoms with Crippen LogP contribution in [0.4, 0.5) is 5.69 Å². The van der Waals surface area contributed by atoms with Gasteiger partial charge in [0.05, 0.1) is 16.8 Å². The molecule has 0 saturated carbocycles. The van der Waals surface area contributed by atoms with Crippen LogP contribution in [-0.2, 0) is 9.47 Å². The molecular formula is C17H23NO5. The molecule has 0 aromatic heterocycles. The Bertz CT molecular complexity index is 636. The van der Waals surface area contributed by atoms with E-state index in [-0.39, 0.29) is 22.4 Å². The number of ether oxygens (including phenoxy) is 2. The summed E-state index contributed by atoms with van der Waals surface area (Å²) in [6.45, 7) is 10.3. The molecule has 0 aliphatic rings. The number of aldehydes is 1. The van der Waals surface area contributed by atoms with Crippen molar-refractivity contribution in [3.8, 4) is 0 Å². The highest BCUT2D eigenvalue weighted by atomic mass is 16.6. The summed E-state index contributed by atoms with van der Waals surface area (Å²) in [5, 5.41) is 0. The van der Waals surface area contributed by atoms with Crippen LogP contribution in [0.2, 0.25) is 0 Å². The standard InChI is InChI=1S/C17H23NO5/c1-16(2,3)22-14(20)10-7-11(9-19)13(18)12(8-10)15(21)23-17(4,5)6/h7-9H,18H2,1-6H3. The van der Waals surface area contributed by atoms with Crippen molar-refractivity contribution in [2.75, 3.05) is 5.73 Å². The topological polar surface area (TPSA) is 95.7 Å². The van der Waals surface area contributed by atoms with Gasteiger partial charge in [-0.25, -0.2) is 9.59 Å². The van der Waals surface area contributed by atoms with Crippen molar-refractivity contribution in [1.29, 1.82) is 0 Å². The van der Waals surface area contributed by atoms with Gasteiger partial charge in [-0.15, -0.1) is 0 Å². The number of nitrogen functional groups attached to an aromatic ring is 1. The van der Waals surface area contributed by atoms with Crippen LogP contribution in [0.1, 0.15) is 72.6 Å². The number of nitrogens with two attached hydrogens (primary N) is 1. The molecule has 0 bridgehead atoms. The molecule has 126 valence electrons. The zero-order valence-corrected chi connectivity index (χ0v) is 14.4. The summed E-state index contributed by atoms with van der Waals surface area (Å²) in [6, 6.07) is 2.58. The van der Waals surface area contributed by atoms with E-state index in [0.717, 1.165) is 0 Å². The molecule has 1 rings (SSSR count). The Balaban J connectivity index is 3.31. The molecule has 0 saturated heterocycles. The molecule has 0 aliphatic heterocycles. The van der Waals surface area contributed by atoms with Gasteiger partial charge in [0.25, 0.3) is 0 Å². The smallest absolute Gasteiger partial charge is 0.340 e. The fourth-order valence-corrected chi connectivity index (χ4v) is 1.73. The second kappa shape index (κ2) is 6.40. The summed E-state index contributed by atoms with van der Waals surface area (Å²) in [5.74, 6) is -1.35. The molecule has 0 unspecified atom stereocenters. The van der Waals surface area contributed by atoms with Gasteiger partial charge >= 0.3 is 11.9 Å². The summed E-state index contributed by atoms with van der Waals surface area (Å²) in [5.41, 5.74) is 4.43. The summed E-state index contributed by atoms with van der Waals surface area (Å²) >= 11 is 0. The number of esters is 2. The Kier molecular flexibility index (Phi) is 5.20. The normalized spacial score (nSPS) is 11.7. The van der Waals surface area contributed by atoms with E-state index in [1.165, 1.54) is 12.1 Å². The van der Waals surface area contributed by atoms with Gasteiger partial charge in [0.2, 0.25) is 0 Å². The largest absolute Gasteiger partial charge is 0.456 e. The maximum Gasteiger partial charge on any atom is 0.340 e. The first-order valence-corrected chi connectivity index (χ1v) is 7.19. The minimum absolute atomic E-state index is 0.0263. The SMILES string of the molecule is CC(C)(C)OC(=O)c1cc(C=O)c(N)c(C(=O)OC(C)(C)C)c1. The lowest BCUT2D eigenvalue weighted by Crippen LogP contribution is -2.26. The van der Waals surface area contributed by atoms with Crippen LogP contribution in [-0.4, -0.2) is 29.4 Å². The predicted molar refractivity (Wildman–Crippen MR) is 86.6 cm³/mol. The van der Waals surface area contributed by atoms with Crippen LogP contribution < -0.4 is 5.73 Å². The van der Waals surface area contributed by atoms with Crippen LogP contribution in [0.3, 0.4) is 0 Å². The number of rotatable bonds is 3. The Morgan fingerprint density at radius 1 is 0.957 bits per heavy atom. The third-order valence-corrected chi connectivity index (χ3v) is 2.59. The van der Waals surface area contributed by atoms with Crippen LogP contribution in [0.25, 0.3) is 0 Å². The van der Waals surface area contributed by atoms with Gasteiger partial charge in [0.15, 0.2) is 6.29 Å². The highest BCUT2D eigenvalue weighted by Gasteiger charge is 2.25. The molecule has 0 spiro atoms. The minimum atomic E-state index is -0.729. The highest BCUT2D eigenvalue weighted by molar-refractivity contribution is 6.04. The van der Waals surface area contributed by atoms with E-state index in [0.29, 0.717) is 6.29 Å². The minimum Gasteiger partial charge on any atom is -0.456 e. The number of carbonyl (C=O) groups is 3. The van der Waals surface area contributed by atoms with E-state index < -0.39 is 23.1 Å². The van der Waals surface area contributed by atoms with Crippen molar-refractivity contribution in [2.45, 2.75) is 52.7 Å². The highest BCUT2D eigenvalue weighted by Crippen LogP contribution is 2.24. The van der Waals surface area contributed by atoms with Crippen molar-refractivity contribution < 1.29 is 23.9 Å². The number of anilines is 1. The summed E-state index contributed by atoms with van der Waals surface area (Å²) in [7, 11) is 0. The summed E-state index contributed by atoms with van der Waals surface area (Å²) < 4.78 is 10.5. The molecule has 2 N–H and O–H groups in total. The molecule has 6 nitrogen and oxygen atoms in total. The molecule has 0 atom stereocenters. The summed E-state index contributed by atoms with van der Waals surface area (Å²) in [6.07, 6.45) is 0.483. The fraction of sp³-hybridized carbons (Fsp3) is 0.471. The zero-order chi connectivity index (χ0) is 18.0. The lowest BCUT2D eigenvalue weighted by molar-refractivity contribution is 0.00679. The molecular weight excluding hydrogens is 298 g/mol. The van der Waals surface area contributed by atoms with Crippen molar-refractivity contribution in [3.63, 3.8) is 0 Å². The molecule has 1 aromatic rings. The van der Waals surface area contributed by atoms with Crippen LogP contribution >= 0.6 is 0 Å². The van der Waals surface area contributed by atoms with Crippen molar-refractivity contribution >= 4 is 23.9 Å². The van der Waals surface area contributed by atoms with Gasteiger partial charge in [0, 0.05) is 5.56 Å². The molecule has 0 fully saturated rings. The molecule has 0 amide bonds. The van der Waals surface area contributed by atoms with Crippen LogP contribution in [0.15, 0.2) is 12.1 Å². The zero-order valence-electron chi connectivity index (χ0n) is 14.4. The molecule has 6 heteroatoms. The molecule has 0 heterocycles. The average Bonchev–Trinajstić information content (AvgIpc) is 2.34. The maximum absolute atomic E-state index is 12.2. The molecule has 1 aromatic carbocycles. The first-order chi connectivity index (χ1) is 10.3. The second-order valence-electron chi connectivity index (χ2n) is 7.15. The van der Waals surface area contributed by atoms with E-state index >= 15 is 0 Å². The van der Waals surface area contributed by atoms with Gasteiger partial charge in [-0.1, -0.05) is 0 Å². The van der Waals surface area contributed by atoms with E-state index in [1.807, 2.05) is 0 Å². The molecule has 23 heavy (non-hydrogen) atoms. The Morgan fingerprint density at radius 3 is 1.87 bits per heavy atom. The monoisotopic (exact) mass is 321 g/mol. The van der Waals surface area contributed by atoms with E-state index in [9.17, 15) is 14.4 Å². The second-order valence-corrected chi connectivity index (χ2v) is 7.15. The van der Waals surface area contributed by atoms with Gasteiger partial charge in [0.1, 0.15) is 11.2 Å². The third-order valence-electron chi connectivity index (χ3n) is 2.59. The number of carbonyl (C=O) groups excluding carboxylic acids is 3. The van der Waals surface area contributed by atoms with Crippen molar-refractivity contribution in [1.82, 2.24) is 0 Å². The van der Waals surface area contributed by atoms with E-state index in [4.69, 9.17) is 15.2 Å². The number of benzene rings is 1. The van der Waals surface area contributed by atoms with Gasteiger partial charge in [-0.3, -0.25) is 4.79 Å². The van der Waals surface area contributed by atoms with Gasteiger partial charge in [-0.2, -0.15) is 0 Å². The van der Waals surface area contributed by atoms with E-state index in [2.05, 4.69) is 0 Å². The Hall–Kier alpha value is -2.37. The average molecular weight is 321 g/mol. The quantitative estimate of drug-likeness (QED) is 0.522.